The molecule has 0 unspecified atom stereocenters. The molecule has 1 nitrogen and oxygen atoms in total. The molecule has 34 heavy (non-hydrogen) atoms. The van der Waals surface area contributed by atoms with Gasteiger partial charge in [0, 0.05) is 21.4 Å². The minimum Gasteiger partial charge on any atom is -0.309 e. The van der Waals surface area contributed by atoms with Crippen LogP contribution < -0.4 is 0 Å². The fourth-order valence-electron chi connectivity index (χ4n) is 4.82. The molecule has 1 heterocycles. The molecule has 0 spiro atoms. The summed E-state index contributed by atoms with van der Waals surface area (Å²) in [6, 6.07) is 39.1. The normalized spacial score (nSPS) is 11.4. The van der Waals surface area contributed by atoms with Gasteiger partial charge < -0.3 is 4.57 Å². The van der Waals surface area contributed by atoms with Crippen LogP contribution in [0.25, 0.3) is 49.7 Å². The second kappa shape index (κ2) is 8.20. The van der Waals surface area contributed by atoms with Crippen LogP contribution in [0.5, 0.6) is 0 Å². The lowest BCUT2D eigenvalue weighted by Crippen LogP contribution is -1.98. The molecular weight excluding hydrogens is 434 g/mol. The van der Waals surface area contributed by atoms with E-state index in [1.807, 2.05) is 6.07 Å². The van der Waals surface area contributed by atoms with Gasteiger partial charge in [0.25, 0.3) is 0 Å². The molecule has 0 aliphatic rings. The van der Waals surface area contributed by atoms with Crippen LogP contribution in [0.4, 0.5) is 0 Å². The quantitative estimate of drug-likeness (QED) is 0.249. The minimum absolute atomic E-state index is 0.740. The highest BCUT2D eigenvalue weighted by molar-refractivity contribution is 6.31. The third kappa shape index (κ3) is 3.50. The van der Waals surface area contributed by atoms with Gasteiger partial charge in [-0.3, -0.25) is 0 Å². The fourth-order valence-corrected chi connectivity index (χ4v) is 4.99. The van der Waals surface area contributed by atoms with Crippen LogP contribution >= 0.6 is 11.6 Å². The molecular formula is C32H24ClN. The van der Waals surface area contributed by atoms with Crippen molar-refractivity contribution in [1.29, 1.82) is 0 Å². The standard InChI is InChI=1S/C32H24ClN/c1-21-7-11-23(12-8-21)25-15-18-31(29(19-25)24-13-9-22(2)10-14-24)34-30-6-4-3-5-27(30)28-17-16-26(33)20-32(28)34/h3-20H,1-2H3. The maximum atomic E-state index is 6.48. The molecule has 5 aromatic carbocycles. The summed E-state index contributed by atoms with van der Waals surface area (Å²) in [4.78, 5) is 0. The first-order chi connectivity index (χ1) is 16.6. The van der Waals surface area contributed by atoms with E-state index in [2.05, 4.69) is 122 Å². The number of aromatic nitrogens is 1. The second-order valence-electron chi connectivity index (χ2n) is 8.98. The zero-order valence-corrected chi connectivity index (χ0v) is 20.0. The fraction of sp³-hybridized carbons (Fsp3) is 0.0625. The molecule has 0 radical (unpaired) electrons. The number of fused-ring (bicyclic) bond motifs is 3. The summed E-state index contributed by atoms with van der Waals surface area (Å²) in [5.74, 6) is 0. The second-order valence-corrected chi connectivity index (χ2v) is 9.41. The van der Waals surface area contributed by atoms with Crippen LogP contribution in [-0.4, -0.2) is 4.57 Å². The Balaban J connectivity index is 1.68. The molecule has 0 atom stereocenters. The summed E-state index contributed by atoms with van der Waals surface area (Å²) >= 11 is 6.48. The molecule has 164 valence electrons. The van der Waals surface area contributed by atoms with Gasteiger partial charge in [-0.1, -0.05) is 102 Å². The average molecular weight is 458 g/mol. The van der Waals surface area contributed by atoms with E-state index in [9.17, 15) is 0 Å². The van der Waals surface area contributed by atoms with Gasteiger partial charge in [-0.05, 0) is 60.9 Å². The van der Waals surface area contributed by atoms with Gasteiger partial charge in [-0.2, -0.15) is 0 Å². The summed E-state index contributed by atoms with van der Waals surface area (Å²) in [6.07, 6.45) is 0. The molecule has 0 N–H and O–H groups in total. The molecule has 0 saturated carbocycles. The Morgan fingerprint density at radius 2 is 1.15 bits per heavy atom. The predicted octanol–water partition coefficient (Wildman–Crippen LogP) is 9.39. The lowest BCUT2D eigenvalue weighted by molar-refractivity contribution is 1.18. The number of hydrogen-bond donors (Lipinski definition) is 0. The van der Waals surface area contributed by atoms with E-state index in [0.717, 1.165) is 16.2 Å². The minimum atomic E-state index is 0.740. The number of nitrogens with zero attached hydrogens (tertiary/aromatic N) is 1. The monoisotopic (exact) mass is 457 g/mol. The molecule has 0 saturated heterocycles. The summed E-state index contributed by atoms with van der Waals surface area (Å²) < 4.78 is 2.35. The summed E-state index contributed by atoms with van der Waals surface area (Å²) in [7, 11) is 0. The summed E-state index contributed by atoms with van der Waals surface area (Å²) in [6.45, 7) is 4.25. The van der Waals surface area contributed by atoms with E-state index >= 15 is 0 Å². The number of rotatable bonds is 3. The molecule has 0 aliphatic heterocycles. The Hall–Kier alpha value is -3.81. The number of halogens is 1. The van der Waals surface area contributed by atoms with Crippen LogP contribution in [0.15, 0.2) is 109 Å². The molecule has 6 aromatic rings. The molecule has 0 bridgehead atoms. The first kappa shape index (κ1) is 20.8. The van der Waals surface area contributed by atoms with E-state index in [1.165, 1.54) is 49.7 Å². The summed E-state index contributed by atoms with van der Waals surface area (Å²) in [5, 5.41) is 3.17. The summed E-state index contributed by atoms with van der Waals surface area (Å²) in [5.41, 5.74) is 10.8. The molecule has 1 aromatic heterocycles. The van der Waals surface area contributed by atoms with Crippen molar-refractivity contribution in [2.45, 2.75) is 13.8 Å². The maximum absolute atomic E-state index is 6.48. The largest absolute Gasteiger partial charge is 0.309 e. The zero-order valence-electron chi connectivity index (χ0n) is 19.2. The number of aryl methyl sites for hydroxylation is 2. The van der Waals surface area contributed by atoms with Gasteiger partial charge in [0.2, 0.25) is 0 Å². The van der Waals surface area contributed by atoms with E-state index in [-0.39, 0.29) is 0 Å². The predicted molar refractivity (Wildman–Crippen MR) is 146 cm³/mol. The Labute approximate surface area is 204 Å². The van der Waals surface area contributed by atoms with Crippen molar-refractivity contribution in [1.82, 2.24) is 4.57 Å². The molecule has 6 rings (SSSR count). The molecule has 0 fully saturated rings. The maximum Gasteiger partial charge on any atom is 0.0556 e. The lowest BCUT2D eigenvalue weighted by Gasteiger charge is -2.16. The van der Waals surface area contributed by atoms with Crippen LogP contribution in [0, 0.1) is 13.8 Å². The Kier molecular flexibility index (Phi) is 5.01. The number of benzene rings is 5. The zero-order chi connectivity index (χ0) is 23.2. The van der Waals surface area contributed by atoms with Crippen LogP contribution in [0.2, 0.25) is 5.02 Å². The topological polar surface area (TPSA) is 4.93 Å². The first-order valence-electron chi connectivity index (χ1n) is 11.6. The van der Waals surface area contributed by atoms with Gasteiger partial charge in [0.1, 0.15) is 0 Å². The first-order valence-corrected chi connectivity index (χ1v) is 11.9. The van der Waals surface area contributed by atoms with Crippen LogP contribution in [0.3, 0.4) is 0 Å². The van der Waals surface area contributed by atoms with Crippen molar-refractivity contribution in [2.75, 3.05) is 0 Å². The Morgan fingerprint density at radius 1 is 0.529 bits per heavy atom. The van der Waals surface area contributed by atoms with E-state index < -0.39 is 0 Å². The van der Waals surface area contributed by atoms with Gasteiger partial charge in [-0.25, -0.2) is 0 Å². The Bertz CT molecular complexity index is 1650. The smallest absolute Gasteiger partial charge is 0.0556 e. The lowest BCUT2D eigenvalue weighted by atomic mass is 9.96. The highest BCUT2D eigenvalue weighted by atomic mass is 35.5. The average Bonchev–Trinajstić information content (AvgIpc) is 3.18. The van der Waals surface area contributed by atoms with Gasteiger partial charge in [-0.15, -0.1) is 0 Å². The van der Waals surface area contributed by atoms with Crippen molar-refractivity contribution in [3.63, 3.8) is 0 Å². The molecule has 2 heteroatoms. The Morgan fingerprint density at radius 3 is 1.88 bits per heavy atom. The molecule has 0 amide bonds. The molecule has 0 aliphatic carbocycles. The van der Waals surface area contributed by atoms with Gasteiger partial charge >= 0.3 is 0 Å². The highest BCUT2D eigenvalue weighted by Crippen LogP contribution is 2.38. The van der Waals surface area contributed by atoms with Crippen LogP contribution in [0.1, 0.15) is 11.1 Å². The van der Waals surface area contributed by atoms with Crippen molar-refractivity contribution < 1.29 is 0 Å². The van der Waals surface area contributed by atoms with Crippen molar-refractivity contribution in [3.05, 3.63) is 125 Å². The van der Waals surface area contributed by atoms with Crippen molar-refractivity contribution in [3.8, 4) is 27.9 Å². The van der Waals surface area contributed by atoms with Gasteiger partial charge in [0.05, 0.1) is 16.7 Å². The van der Waals surface area contributed by atoms with Gasteiger partial charge in [0.15, 0.2) is 0 Å². The SMILES string of the molecule is Cc1ccc(-c2ccc(-n3c4ccccc4c4ccc(Cl)cc43)c(-c3ccc(C)cc3)c2)cc1. The highest BCUT2D eigenvalue weighted by Gasteiger charge is 2.16. The van der Waals surface area contributed by atoms with Crippen molar-refractivity contribution in [2.24, 2.45) is 0 Å². The third-order valence-corrected chi connectivity index (χ3v) is 6.86. The van der Waals surface area contributed by atoms with Crippen LogP contribution in [-0.2, 0) is 0 Å². The van der Waals surface area contributed by atoms with E-state index in [4.69, 9.17) is 11.6 Å². The van der Waals surface area contributed by atoms with Crippen molar-refractivity contribution >= 4 is 33.4 Å². The third-order valence-electron chi connectivity index (χ3n) is 6.62. The number of para-hydroxylation sites is 1. The van der Waals surface area contributed by atoms with E-state index in [1.54, 1.807) is 0 Å². The number of hydrogen-bond acceptors (Lipinski definition) is 0. The van der Waals surface area contributed by atoms with E-state index in [0.29, 0.717) is 0 Å².